The van der Waals surface area contributed by atoms with E-state index >= 15 is 0 Å². The number of nitrogens with two attached hydrogens (primary N) is 1. The largest absolute Gasteiger partial charge is 0.444 e. The highest BCUT2D eigenvalue weighted by Crippen LogP contribution is 2.21. The summed E-state index contributed by atoms with van der Waals surface area (Å²) in [5.41, 5.74) is 15.1. The van der Waals surface area contributed by atoms with Crippen LogP contribution in [0.15, 0.2) is 10.3 Å². The fourth-order valence-corrected chi connectivity index (χ4v) is 2.41. The second-order valence-electron chi connectivity index (χ2n) is 6.87. The Hall–Kier alpha value is -1.74. The van der Waals surface area contributed by atoms with Crippen molar-refractivity contribution in [2.45, 2.75) is 71.1 Å². The molecule has 0 aromatic heterocycles. The van der Waals surface area contributed by atoms with Gasteiger partial charge in [0, 0.05) is 6.54 Å². The molecule has 138 valence electrons. The highest BCUT2D eigenvalue weighted by molar-refractivity contribution is 5.89. The average Bonchev–Trinajstić information content (AvgIpc) is 2.50. The van der Waals surface area contributed by atoms with E-state index in [-0.39, 0.29) is 11.9 Å². The van der Waals surface area contributed by atoms with Crippen molar-refractivity contribution in [1.82, 2.24) is 10.4 Å². The standard InChI is InChI=1S/C15H30N6O3/c1-5-6-9-23-19-11-7-8-12(13(16)18-20-17)21(10-11)14(22)24-15(2,3)4/h11-12,19H,5-10H2,1-4H3,(H3,16,17,18)/t11-,12+/m1/s1. The monoisotopic (exact) mass is 342 g/mol. The number of hydroxylamine groups is 1. The molecule has 0 aliphatic carbocycles. The molecule has 1 fully saturated rings. The maximum Gasteiger partial charge on any atom is 0.410 e. The molecule has 9 heteroatoms. The van der Waals surface area contributed by atoms with Crippen LogP contribution < -0.4 is 11.2 Å². The van der Waals surface area contributed by atoms with E-state index in [1.807, 2.05) is 20.8 Å². The van der Waals surface area contributed by atoms with Crippen molar-refractivity contribution in [1.29, 1.82) is 5.53 Å². The molecule has 1 amide bonds. The fourth-order valence-electron chi connectivity index (χ4n) is 2.41. The number of likely N-dealkylation sites (tertiary alicyclic amines) is 1. The number of amides is 1. The third-order valence-electron chi connectivity index (χ3n) is 3.57. The third kappa shape index (κ3) is 6.79. The zero-order chi connectivity index (χ0) is 18.2. The number of nitrogens with one attached hydrogen (secondary N) is 2. The average molecular weight is 342 g/mol. The summed E-state index contributed by atoms with van der Waals surface area (Å²) in [6.07, 6.45) is 2.93. The maximum atomic E-state index is 12.5. The molecule has 0 bridgehead atoms. The zero-order valence-electron chi connectivity index (χ0n) is 15.0. The third-order valence-corrected chi connectivity index (χ3v) is 3.57. The lowest BCUT2D eigenvalue weighted by atomic mass is 9.98. The SMILES string of the molecule is CCCCON[C@@H]1CC[C@@H](/C(N)=N/N=N)N(C(=O)OC(C)(C)C)C1. The molecule has 0 radical (unpaired) electrons. The number of nitrogens with zero attached hydrogens (tertiary/aromatic N) is 3. The van der Waals surface area contributed by atoms with Crippen molar-refractivity contribution >= 4 is 11.9 Å². The molecule has 1 aliphatic heterocycles. The van der Waals surface area contributed by atoms with E-state index in [0.29, 0.717) is 19.6 Å². The first-order valence-electron chi connectivity index (χ1n) is 8.35. The molecule has 0 spiro atoms. The van der Waals surface area contributed by atoms with Gasteiger partial charge >= 0.3 is 6.09 Å². The van der Waals surface area contributed by atoms with Crippen LogP contribution in [0.4, 0.5) is 4.79 Å². The summed E-state index contributed by atoms with van der Waals surface area (Å²) in [7, 11) is 0. The van der Waals surface area contributed by atoms with E-state index in [0.717, 1.165) is 19.3 Å². The molecule has 1 heterocycles. The molecule has 0 saturated carbocycles. The van der Waals surface area contributed by atoms with Gasteiger partial charge in [-0.2, -0.15) is 11.0 Å². The lowest BCUT2D eigenvalue weighted by molar-refractivity contribution is -0.0210. The topological polar surface area (TPSA) is 125 Å². The summed E-state index contributed by atoms with van der Waals surface area (Å²) in [5, 5.41) is 6.54. The van der Waals surface area contributed by atoms with Gasteiger partial charge in [-0.3, -0.25) is 4.90 Å². The molecule has 0 unspecified atom stereocenters. The van der Waals surface area contributed by atoms with Gasteiger partial charge in [0.1, 0.15) is 11.4 Å². The molecule has 0 aromatic carbocycles. The lowest BCUT2D eigenvalue weighted by Gasteiger charge is -2.39. The number of amidine groups is 1. The van der Waals surface area contributed by atoms with Crippen molar-refractivity contribution < 1.29 is 14.4 Å². The van der Waals surface area contributed by atoms with Gasteiger partial charge in [-0.05, 0) is 40.0 Å². The summed E-state index contributed by atoms with van der Waals surface area (Å²) < 4.78 is 5.46. The van der Waals surface area contributed by atoms with Gasteiger partial charge in [-0.25, -0.2) is 4.79 Å². The highest BCUT2D eigenvalue weighted by atomic mass is 16.6. The van der Waals surface area contributed by atoms with Crippen LogP contribution in [-0.4, -0.2) is 47.7 Å². The summed E-state index contributed by atoms with van der Waals surface area (Å²) in [6, 6.07) is -0.436. The molecular formula is C15H30N6O3. The first-order valence-corrected chi connectivity index (χ1v) is 8.35. The minimum Gasteiger partial charge on any atom is -0.444 e. The first-order chi connectivity index (χ1) is 11.3. The minimum atomic E-state index is -0.606. The van der Waals surface area contributed by atoms with Crippen LogP contribution in [0, 0.1) is 5.53 Å². The minimum absolute atomic E-state index is 0.00800. The Morgan fingerprint density at radius 2 is 2.12 bits per heavy atom. The number of rotatable bonds is 7. The Labute approximate surface area is 143 Å². The van der Waals surface area contributed by atoms with Gasteiger partial charge in [0.15, 0.2) is 0 Å². The molecule has 0 aromatic rings. The molecule has 1 saturated heterocycles. The normalized spacial score (nSPS) is 22.3. The van der Waals surface area contributed by atoms with Gasteiger partial charge in [0.25, 0.3) is 0 Å². The Morgan fingerprint density at radius 3 is 2.71 bits per heavy atom. The van der Waals surface area contributed by atoms with E-state index < -0.39 is 17.7 Å². The van der Waals surface area contributed by atoms with Gasteiger partial charge in [-0.1, -0.05) is 18.6 Å². The quantitative estimate of drug-likeness (QED) is 0.215. The molecule has 2 atom stereocenters. The van der Waals surface area contributed by atoms with E-state index in [1.54, 1.807) is 0 Å². The van der Waals surface area contributed by atoms with Gasteiger partial charge in [0.2, 0.25) is 0 Å². The number of carbonyl (C=O) groups is 1. The van der Waals surface area contributed by atoms with Crippen molar-refractivity contribution in [3.8, 4) is 0 Å². The second-order valence-corrected chi connectivity index (χ2v) is 6.87. The van der Waals surface area contributed by atoms with E-state index in [9.17, 15) is 4.79 Å². The lowest BCUT2D eigenvalue weighted by Crippen LogP contribution is -2.57. The van der Waals surface area contributed by atoms with E-state index in [1.165, 1.54) is 4.90 Å². The second kappa shape index (κ2) is 9.53. The molecule has 1 rings (SSSR count). The Kier molecular flexibility index (Phi) is 8.06. The van der Waals surface area contributed by atoms with Crippen molar-refractivity contribution in [3.63, 3.8) is 0 Å². The van der Waals surface area contributed by atoms with Crippen LogP contribution >= 0.6 is 0 Å². The number of ether oxygens (including phenoxy) is 1. The predicted molar refractivity (Wildman–Crippen MR) is 90.5 cm³/mol. The van der Waals surface area contributed by atoms with Gasteiger partial charge < -0.3 is 15.3 Å². The number of unbranched alkanes of at least 4 members (excludes halogenated alkanes) is 1. The first kappa shape index (κ1) is 20.3. The summed E-state index contributed by atoms with van der Waals surface area (Å²) >= 11 is 0. The fraction of sp³-hybridized carbons (Fsp3) is 0.867. The zero-order valence-corrected chi connectivity index (χ0v) is 15.0. The Balaban J connectivity index is 2.75. The van der Waals surface area contributed by atoms with Crippen LogP contribution in [0.3, 0.4) is 0 Å². The molecule has 1 aliphatic rings. The summed E-state index contributed by atoms with van der Waals surface area (Å²) in [4.78, 5) is 19.5. The smallest absolute Gasteiger partial charge is 0.410 e. The molecule has 4 N–H and O–H groups in total. The highest BCUT2D eigenvalue weighted by Gasteiger charge is 2.36. The maximum absolute atomic E-state index is 12.5. The van der Waals surface area contributed by atoms with E-state index in [4.69, 9.17) is 20.8 Å². The van der Waals surface area contributed by atoms with Crippen molar-refractivity contribution in [3.05, 3.63) is 0 Å². The number of carbonyl (C=O) groups excluding carboxylic acids is 1. The number of piperidine rings is 1. The van der Waals surface area contributed by atoms with Crippen LogP contribution in [0.1, 0.15) is 53.4 Å². The molecular weight excluding hydrogens is 312 g/mol. The Bertz CT molecular complexity index is 449. The summed E-state index contributed by atoms with van der Waals surface area (Å²) in [6.45, 7) is 8.54. The number of hydrogen-bond acceptors (Lipinski definition) is 6. The molecule has 24 heavy (non-hydrogen) atoms. The summed E-state index contributed by atoms with van der Waals surface area (Å²) in [5.74, 6) is 0.140. The van der Waals surface area contributed by atoms with Crippen LogP contribution in [-0.2, 0) is 9.57 Å². The van der Waals surface area contributed by atoms with Crippen molar-refractivity contribution in [2.24, 2.45) is 16.1 Å². The predicted octanol–water partition coefficient (Wildman–Crippen LogP) is 2.38. The van der Waals surface area contributed by atoms with Crippen LogP contribution in [0.5, 0.6) is 0 Å². The van der Waals surface area contributed by atoms with Gasteiger partial charge in [-0.15, -0.1) is 5.10 Å². The molecule has 9 nitrogen and oxygen atoms in total. The van der Waals surface area contributed by atoms with Crippen LogP contribution in [0.25, 0.3) is 0 Å². The number of hydrogen-bond donors (Lipinski definition) is 3. The van der Waals surface area contributed by atoms with E-state index in [2.05, 4.69) is 22.7 Å². The van der Waals surface area contributed by atoms with Crippen LogP contribution in [0.2, 0.25) is 0 Å². The van der Waals surface area contributed by atoms with Gasteiger partial charge in [0.05, 0.1) is 18.7 Å². The van der Waals surface area contributed by atoms with Crippen molar-refractivity contribution in [2.75, 3.05) is 13.2 Å². The Morgan fingerprint density at radius 1 is 1.42 bits per heavy atom.